The Morgan fingerprint density at radius 2 is 2.05 bits per heavy atom. The molecule has 2 unspecified atom stereocenters. The molecule has 2 N–H and O–H groups in total. The average molecular weight is 271 g/mol. The average Bonchev–Trinajstić information content (AvgIpc) is 2.85. The normalized spacial score (nSPS) is 13.8. The summed E-state index contributed by atoms with van der Waals surface area (Å²) in [6, 6.07) is 11.7. The number of benzene rings is 1. The van der Waals surface area contributed by atoms with Crippen molar-refractivity contribution in [2.45, 2.75) is 33.1 Å². The summed E-state index contributed by atoms with van der Waals surface area (Å²) in [6.45, 7) is 6.12. The molecule has 0 aliphatic rings. The van der Waals surface area contributed by atoms with Crippen LogP contribution >= 0.6 is 0 Å². The van der Waals surface area contributed by atoms with E-state index in [1.54, 1.807) is 0 Å². The predicted octanol–water partition coefficient (Wildman–Crippen LogP) is 3.49. The molecule has 1 heterocycles. The highest BCUT2D eigenvalue weighted by molar-refractivity contribution is 5.95. The van der Waals surface area contributed by atoms with E-state index in [1.165, 1.54) is 0 Å². The molecule has 0 fully saturated rings. The molecular weight excluding hydrogens is 250 g/mol. The highest BCUT2D eigenvalue weighted by Gasteiger charge is 2.26. The van der Waals surface area contributed by atoms with Crippen molar-refractivity contribution in [1.29, 1.82) is 0 Å². The van der Waals surface area contributed by atoms with Gasteiger partial charge in [-0.3, -0.25) is 9.89 Å². The quantitative estimate of drug-likeness (QED) is 0.874. The van der Waals surface area contributed by atoms with Crippen molar-refractivity contribution in [2.75, 3.05) is 5.32 Å². The molecule has 2 aromatic rings. The van der Waals surface area contributed by atoms with Gasteiger partial charge in [-0.1, -0.05) is 50.6 Å². The summed E-state index contributed by atoms with van der Waals surface area (Å²) in [4.78, 5) is 12.6. The number of anilines is 1. The minimum atomic E-state index is -0.154. The number of carbonyl (C=O) groups excluding carboxylic acids is 1. The Morgan fingerprint density at radius 3 is 2.60 bits per heavy atom. The fraction of sp³-hybridized carbons (Fsp3) is 0.375. The number of aryl methyl sites for hydroxylation is 1. The fourth-order valence-electron chi connectivity index (χ4n) is 2.32. The van der Waals surface area contributed by atoms with Crippen molar-refractivity contribution in [3.63, 3.8) is 0 Å². The first-order valence-electron chi connectivity index (χ1n) is 6.99. The molecule has 1 amide bonds. The van der Waals surface area contributed by atoms with Gasteiger partial charge in [0.15, 0.2) is 5.82 Å². The van der Waals surface area contributed by atoms with E-state index >= 15 is 0 Å². The first-order chi connectivity index (χ1) is 9.61. The summed E-state index contributed by atoms with van der Waals surface area (Å²) in [5.74, 6) is 0.699. The largest absolute Gasteiger partial charge is 0.309 e. The van der Waals surface area contributed by atoms with Crippen LogP contribution in [0.3, 0.4) is 0 Å². The molecule has 2 atom stereocenters. The van der Waals surface area contributed by atoms with Gasteiger partial charge in [0, 0.05) is 11.8 Å². The monoisotopic (exact) mass is 271 g/mol. The van der Waals surface area contributed by atoms with E-state index in [1.807, 2.05) is 43.3 Å². The van der Waals surface area contributed by atoms with Crippen molar-refractivity contribution in [3.8, 4) is 0 Å². The van der Waals surface area contributed by atoms with Crippen LogP contribution in [0.5, 0.6) is 0 Å². The Bertz CT molecular complexity index is 562. The first kappa shape index (κ1) is 14.3. The molecule has 0 radical (unpaired) electrons. The molecule has 20 heavy (non-hydrogen) atoms. The zero-order valence-electron chi connectivity index (χ0n) is 12.2. The number of hydrogen-bond donors (Lipinski definition) is 2. The number of aromatic amines is 1. The lowest BCUT2D eigenvalue weighted by Gasteiger charge is -2.22. The van der Waals surface area contributed by atoms with Crippen LogP contribution in [0.1, 0.15) is 37.4 Å². The van der Waals surface area contributed by atoms with Gasteiger partial charge in [0.25, 0.3) is 0 Å². The van der Waals surface area contributed by atoms with E-state index in [0.29, 0.717) is 5.82 Å². The number of hydrogen-bond acceptors (Lipinski definition) is 2. The number of nitrogens with one attached hydrogen (secondary N) is 2. The molecule has 0 aliphatic carbocycles. The standard InChI is InChI=1S/C16H21N3O/c1-4-11(2)15(13-8-6-5-7-9-13)16(20)17-14-10-12(3)18-19-14/h5-11,15H,4H2,1-3H3,(H2,17,18,19,20). The third-order valence-electron chi connectivity index (χ3n) is 3.61. The molecular formula is C16H21N3O. The van der Waals surface area contributed by atoms with Crippen molar-refractivity contribution in [3.05, 3.63) is 47.7 Å². The first-order valence-corrected chi connectivity index (χ1v) is 6.99. The van der Waals surface area contributed by atoms with Gasteiger partial charge in [0.05, 0.1) is 5.92 Å². The zero-order chi connectivity index (χ0) is 14.5. The molecule has 0 bridgehead atoms. The number of carbonyl (C=O) groups is 1. The number of nitrogens with zero attached hydrogens (tertiary/aromatic N) is 1. The van der Waals surface area contributed by atoms with Crippen LogP contribution in [-0.2, 0) is 4.79 Å². The van der Waals surface area contributed by atoms with Crippen LogP contribution in [0, 0.1) is 12.8 Å². The van der Waals surface area contributed by atoms with Crippen LogP contribution in [-0.4, -0.2) is 16.1 Å². The highest BCUT2D eigenvalue weighted by atomic mass is 16.2. The molecule has 1 aromatic carbocycles. The fourth-order valence-corrected chi connectivity index (χ4v) is 2.32. The van der Waals surface area contributed by atoms with Crippen LogP contribution in [0.4, 0.5) is 5.82 Å². The van der Waals surface area contributed by atoms with Gasteiger partial charge < -0.3 is 5.32 Å². The topological polar surface area (TPSA) is 57.8 Å². The van der Waals surface area contributed by atoms with E-state index in [4.69, 9.17) is 0 Å². The van der Waals surface area contributed by atoms with Gasteiger partial charge in [-0.25, -0.2) is 0 Å². The van der Waals surface area contributed by atoms with Gasteiger partial charge in [-0.2, -0.15) is 5.10 Å². The maximum Gasteiger partial charge on any atom is 0.233 e. The van der Waals surface area contributed by atoms with Crippen LogP contribution in [0.2, 0.25) is 0 Å². The minimum absolute atomic E-state index is 0.00273. The third kappa shape index (κ3) is 3.26. The Kier molecular flexibility index (Phi) is 4.56. The Hall–Kier alpha value is -2.10. The van der Waals surface area contributed by atoms with E-state index < -0.39 is 0 Å². The highest BCUT2D eigenvalue weighted by Crippen LogP contribution is 2.28. The van der Waals surface area contributed by atoms with Crippen molar-refractivity contribution >= 4 is 11.7 Å². The number of rotatable bonds is 5. The number of H-pyrrole nitrogens is 1. The summed E-state index contributed by atoms with van der Waals surface area (Å²) in [6.07, 6.45) is 0.951. The molecule has 0 spiro atoms. The lowest BCUT2D eigenvalue weighted by atomic mass is 9.85. The summed E-state index contributed by atoms with van der Waals surface area (Å²) < 4.78 is 0. The zero-order valence-corrected chi connectivity index (χ0v) is 12.2. The van der Waals surface area contributed by atoms with E-state index in [-0.39, 0.29) is 17.7 Å². The van der Waals surface area contributed by atoms with Crippen LogP contribution in [0.15, 0.2) is 36.4 Å². The lowest BCUT2D eigenvalue weighted by Crippen LogP contribution is -2.26. The molecule has 0 saturated carbocycles. The predicted molar refractivity (Wildman–Crippen MR) is 80.6 cm³/mol. The van der Waals surface area contributed by atoms with Gasteiger partial charge >= 0.3 is 0 Å². The van der Waals surface area contributed by atoms with E-state index in [2.05, 4.69) is 29.4 Å². The maximum atomic E-state index is 12.6. The van der Waals surface area contributed by atoms with Crippen LogP contribution in [0.25, 0.3) is 0 Å². The Morgan fingerprint density at radius 1 is 1.35 bits per heavy atom. The van der Waals surface area contributed by atoms with Crippen molar-refractivity contribution in [2.24, 2.45) is 5.92 Å². The van der Waals surface area contributed by atoms with Crippen LogP contribution < -0.4 is 5.32 Å². The minimum Gasteiger partial charge on any atom is -0.309 e. The van der Waals surface area contributed by atoms with Gasteiger partial charge in [0.1, 0.15) is 0 Å². The summed E-state index contributed by atoms with van der Waals surface area (Å²) in [5.41, 5.74) is 1.98. The van der Waals surface area contributed by atoms with E-state index in [9.17, 15) is 4.79 Å². The number of aromatic nitrogens is 2. The number of amides is 1. The van der Waals surface area contributed by atoms with Gasteiger partial charge in [-0.15, -0.1) is 0 Å². The molecule has 0 aliphatic heterocycles. The third-order valence-corrected chi connectivity index (χ3v) is 3.61. The second kappa shape index (κ2) is 6.37. The lowest BCUT2D eigenvalue weighted by molar-refractivity contribution is -0.118. The SMILES string of the molecule is CCC(C)C(C(=O)Nc1cc(C)[nH]n1)c1ccccc1. The Balaban J connectivity index is 2.20. The maximum absolute atomic E-state index is 12.6. The van der Waals surface area contributed by atoms with Crippen molar-refractivity contribution < 1.29 is 4.79 Å². The summed E-state index contributed by atoms with van der Waals surface area (Å²) in [5, 5.41) is 9.79. The second-order valence-electron chi connectivity index (χ2n) is 5.20. The summed E-state index contributed by atoms with van der Waals surface area (Å²) >= 11 is 0. The summed E-state index contributed by atoms with van der Waals surface area (Å²) in [7, 11) is 0. The molecule has 4 nitrogen and oxygen atoms in total. The van der Waals surface area contributed by atoms with Gasteiger partial charge in [0.2, 0.25) is 5.91 Å². The molecule has 0 saturated heterocycles. The van der Waals surface area contributed by atoms with E-state index in [0.717, 1.165) is 17.7 Å². The smallest absolute Gasteiger partial charge is 0.233 e. The molecule has 1 aromatic heterocycles. The van der Waals surface area contributed by atoms with Crippen molar-refractivity contribution in [1.82, 2.24) is 10.2 Å². The molecule has 106 valence electrons. The molecule has 4 heteroatoms. The Labute approximate surface area is 119 Å². The van der Waals surface area contributed by atoms with Gasteiger partial charge in [-0.05, 0) is 18.4 Å². The molecule has 2 rings (SSSR count). The second-order valence-corrected chi connectivity index (χ2v) is 5.20.